The number of rotatable bonds is 3. The lowest BCUT2D eigenvalue weighted by atomic mass is 10.0. The molecule has 0 heterocycles. The molecule has 0 aliphatic carbocycles. The standard InChI is InChI=1S/C10H11FN2O/c11-9-5-7(10(13)3-4-12)1-2-8(9)6-14/h1-2,5,10,14H,3,6,13H2/t10-/m0/s1. The highest BCUT2D eigenvalue weighted by Crippen LogP contribution is 2.17. The molecule has 0 bridgehead atoms. The second-order valence-electron chi connectivity index (χ2n) is 2.98. The Hall–Kier alpha value is -1.44. The SMILES string of the molecule is N#CC[C@H](N)c1ccc(CO)c(F)c1. The molecule has 0 aliphatic rings. The molecule has 0 aromatic heterocycles. The molecule has 14 heavy (non-hydrogen) atoms. The minimum atomic E-state index is -0.488. The van der Waals surface area contributed by atoms with Crippen LogP contribution in [0.1, 0.15) is 23.6 Å². The number of nitriles is 1. The normalized spacial score (nSPS) is 12.1. The van der Waals surface area contributed by atoms with Crippen LogP contribution in [0.4, 0.5) is 4.39 Å². The van der Waals surface area contributed by atoms with Crippen LogP contribution in [0.2, 0.25) is 0 Å². The van der Waals surface area contributed by atoms with Gasteiger partial charge in [-0.15, -0.1) is 0 Å². The van der Waals surface area contributed by atoms with Crippen LogP contribution in [0.3, 0.4) is 0 Å². The minimum Gasteiger partial charge on any atom is -0.392 e. The topological polar surface area (TPSA) is 70.0 Å². The molecule has 0 spiro atoms. The monoisotopic (exact) mass is 194 g/mol. The van der Waals surface area contributed by atoms with Crippen LogP contribution in [-0.4, -0.2) is 5.11 Å². The Labute approximate surface area is 81.6 Å². The second-order valence-corrected chi connectivity index (χ2v) is 2.98. The van der Waals surface area contributed by atoms with E-state index in [1.54, 1.807) is 6.07 Å². The summed E-state index contributed by atoms with van der Waals surface area (Å²) >= 11 is 0. The number of halogens is 1. The molecule has 3 N–H and O–H groups in total. The highest BCUT2D eigenvalue weighted by molar-refractivity contribution is 5.26. The van der Waals surface area contributed by atoms with Gasteiger partial charge in [-0.05, 0) is 11.6 Å². The van der Waals surface area contributed by atoms with E-state index in [1.165, 1.54) is 12.1 Å². The number of hydrogen-bond donors (Lipinski definition) is 2. The maximum Gasteiger partial charge on any atom is 0.129 e. The molecule has 3 nitrogen and oxygen atoms in total. The summed E-state index contributed by atoms with van der Waals surface area (Å²) in [4.78, 5) is 0. The van der Waals surface area contributed by atoms with Crippen molar-refractivity contribution in [2.24, 2.45) is 5.73 Å². The molecular formula is C10H11FN2O. The van der Waals surface area contributed by atoms with Gasteiger partial charge < -0.3 is 10.8 Å². The summed E-state index contributed by atoms with van der Waals surface area (Å²) in [5.74, 6) is -0.488. The zero-order valence-corrected chi connectivity index (χ0v) is 7.57. The van der Waals surface area contributed by atoms with Crippen LogP contribution in [0.5, 0.6) is 0 Å². The quantitative estimate of drug-likeness (QED) is 0.760. The predicted molar refractivity (Wildman–Crippen MR) is 49.5 cm³/mol. The first-order valence-corrected chi connectivity index (χ1v) is 4.20. The third kappa shape index (κ3) is 2.28. The van der Waals surface area contributed by atoms with E-state index >= 15 is 0 Å². The van der Waals surface area contributed by atoms with Crippen molar-refractivity contribution in [1.29, 1.82) is 5.26 Å². The van der Waals surface area contributed by atoms with Crippen LogP contribution in [0.25, 0.3) is 0 Å². The Morgan fingerprint density at radius 2 is 2.29 bits per heavy atom. The Balaban J connectivity index is 2.92. The molecule has 0 amide bonds. The number of aliphatic hydroxyl groups is 1. The summed E-state index contributed by atoms with van der Waals surface area (Å²) in [6.45, 7) is -0.334. The number of aliphatic hydroxyl groups excluding tert-OH is 1. The van der Waals surface area contributed by atoms with Crippen molar-refractivity contribution in [1.82, 2.24) is 0 Å². The van der Waals surface area contributed by atoms with Gasteiger partial charge in [0.2, 0.25) is 0 Å². The number of nitrogens with two attached hydrogens (primary N) is 1. The fourth-order valence-corrected chi connectivity index (χ4v) is 1.14. The van der Waals surface area contributed by atoms with Crippen LogP contribution < -0.4 is 5.73 Å². The highest BCUT2D eigenvalue weighted by atomic mass is 19.1. The lowest BCUT2D eigenvalue weighted by Crippen LogP contribution is -2.09. The summed E-state index contributed by atoms with van der Waals surface area (Å²) in [7, 11) is 0. The van der Waals surface area contributed by atoms with Gasteiger partial charge in [-0.2, -0.15) is 5.26 Å². The van der Waals surface area contributed by atoms with Gasteiger partial charge in [-0.3, -0.25) is 0 Å². The molecule has 4 heteroatoms. The van der Waals surface area contributed by atoms with E-state index < -0.39 is 11.9 Å². The van der Waals surface area contributed by atoms with E-state index in [9.17, 15) is 4.39 Å². The van der Waals surface area contributed by atoms with Crippen molar-refractivity contribution < 1.29 is 9.50 Å². The van der Waals surface area contributed by atoms with Crippen molar-refractivity contribution in [3.8, 4) is 6.07 Å². The van der Waals surface area contributed by atoms with Gasteiger partial charge in [0, 0.05) is 11.6 Å². The molecule has 0 radical (unpaired) electrons. The van der Waals surface area contributed by atoms with Crippen LogP contribution in [-0.2, 0) is 6.61 Å². The fourth-order valence-electron chi connectivity index (χ4n) is 1.14. The first kappa shape index (κ1) is 10.6. The van der Waals surface area contributed by atoms with Gasteiger partial charge in [-0.1, -0.05) is 12.1 Å². The lowest BCUT2D eigenvalue weighted by Gasteiger charge is -2.08. The summed E-state index contributed by atoms with van der Waals surface area (Å²) in [5, 5.41) is 17.1. The molecule has 1 aromatic carbocycles. The Morgan fingerprint density at radius 3 is 2.79 bits per heavy atom. The lowest BCUT2D eigenvalue weighted by molar-refractivity contribution is 0.275. The zero-order valence-electron chi connectivity index (χ0n) is 7.57. The van der Waals surface area contributed by atoms with Gasteiger partial charge in [-0.25, -0.2) is 4.39 Å². The van der Waals surface area contributed by atoms with E-state index in [0.717, 1.165) is 0 Å². The summed E-state index contributed by atoms with van der Waals surface area (Å²) in [5.41, 5.74) is 6.42. The second kappa shape index (κ2) is 4.70. The van der Waals surface area contributed by atoms with Gasteiger partial charge in [0.1, 0.15) is 5.82 Å². The third-order valence-electron chi connectivity index (χ3n) is 1.99. The number of hydrogen-bond acceptors (Lipinski definition) is 3. The van der Waals surface area contributed by atoms with Crippen LogP contribution >= 0.6 is 0 Å². The minimum absolute atomic E-state index is 0.151. The summed E-state index contributed by atoms with van der Waals surface area (Å²) in [6.07, 6.45) is 0.151. The first-order valence-electron chi connectivity index (χ1n) is 4.20. The number of benzene rings is 1. The smallest absolute Gasteiger partial charge is 0.129 e. The van der Waals surface area contributed by atoms with E-state index in [4.69, 9.17) is 16.1 Å². The summed E-state index contributed by atoms with van der Waals surface area (Å²) in [6, 6.07) is 5.80. The molecule has 74 valence electrons. The molecule has 1 aromatic rings. The van der Waals surface area contributed by atoms with Crippen molar-refractivity contribution in [2.75, 3.05) is 0 Å². The molecule has 1 rings (SSSR count). The van der Waals surface area contributed by atoms with Crippen molar-refractivity contribution in [2.45, 2.75) is 19.1 Å². The van der Waals surface area contributed by atoms with Crippen molar-refractivity contribution in [3.05, 3.63) is 35.1 Å². The van der Waals surface area contributed by atoms with Crippen LogP contribution in [0, 0.1) is 17.1 Å². The summed E-state index contributed by atoms with van der Waals surface area (Å²) < 4.78 is 13.2. The molecule has 0 unspecified atom stereocenters. The maximum absolute atomic E-state index is 13.2. The maximum atomic E-state index is 13.2. The fraction of sp³-hybridized carbons (Fsp3) is 0.300. The average molecular weight is 194 g/mol. The Kier molecular flexibility index (Phi) is 3.57. The molecule has 0 saturated carbocycles. The average Bonchev–Trinajstić information content (AvgIpc) is 2.18. The first-order chi connectivity index (χ1) is 6.69. The van der Waals surface area contributed by atoms with Crippen molar-refractivity contribution >= 4 is 0 Å². The number of nitrogens with zero attached hydrogens (tertiary/aromatic N) is 1. The van der Waals surface area contributed by atoms with Gasteiger partial charge in [0.25, 0.3) is 0 Å². The molecular weight excluding hydrogens is 183 g/mol. The Morgan fingerprint density at radius 1 is 1.57 bits per heavy atom. The van der Waals surface area contributed by atoms with E-state index in [2.05, 4.69) is 0 Å². The highest BCUT2D eigenvalue weighted by Gasteiger charge is 2.08. The molecule has 0 aliphatic heterocycles. The Bertz CT molecular complexity index is 360. The van der Waals surface area contributed by atoms with Gasteiger partial charge >= 0.3 is 0 Å². The molecule has 0 saturated heterocycles. The van der Waals surface area contributed by atoms with Crippen molar-refractivity contribution in [3.63, 3.8) is 0 Å². The van der Waals surface area contributed by atoms with E-state index in [1.807, 2.05) is 6.07 Å². The molecule has 1 atom stereocenters. The van der Waals surface area contributed by atoms with Gasteiger partial charge in [0.15, 0.2) is 0 Å². The third-order valence-corrected chi connectivity index (χ3v) is 1.99. The largest absolute Gasteiger partial charge is 0.392 e. The predicted octanol–water partition coefficient (Wildman–Crippen LogP) is 1.23. The molecule has 0 fully saturated rings. The van der Waals surface area contributed by atoms with E-state index in [0.29, 0.717) is 5.56 Å². The van der Waals surface area contributed by atoms with E-state index in [-0.39, 0.29) is 18.6 Å². The van der Waals surface area contributed by atoms with Gasteiger partial charge in [0.05, 0.1) is 19.1 Å². The zero-order chi connectivity index (χ0) is 10.6. The van der Waals surface area contributed by atoms with Crippen LogP contribution in [0.15, 0.2) is 18.2 Å².